The lowest BCUT2D eigenvalue weighted by Crippen LogP contribution is -1.97. The fourth-order valence-electron chi connectivity index (χ4n) is 1.69. The van der Waals surface area contributed by atoms with Crippen molar-refractivity contribution in [3.05, 3.63) is 53.7 Å². The number of aryl methyl sites for hydroxylation is 1. The van der Waals surface area contributed by atoms with Crippen LogP contribution in [0.5, 0.6) is 0 Å². The van der Waals surface area contributed by atoms with Crippen molar-refractivity contribution in [3.8, 4) is 11.3 Å². The van der Waals surface area contributed by atoms with Crippen LogP contribution in [0.3, 0.4) is 0 Å². The Hall–Kier alpha value is -1.96. The summed E-state index contributed by atoms with van der Waals surface area (Å²) in [5, 5.41) is 0. The van der Waals surface area contributed by atoms with E-state index in [2.05, 4.69) is 4.98 Å². The van der Waals surface area contributed by atoms with Crippen LogP contribution in [0.2, 0.25) is 0 Å². The van der Waals surface area contributed by atoms with Gasteiger partial charge in [-0.05, 0) is 32.0 Å². The van der Waals surface area contributed by atoms with Crippen LogP contribution in [0.4, 0.5) is 0 Å². The third-order valence-corrected chi connectivity index (χ3v) is 2.50. The standard InChI is InChI=1S/C14H13NO/c1-10-6-7-12(13(9-10)11(2)16)14-5-3-4-8-15-14/h3-9H,1-2H3. The highest BCUT2D eigenvalue weighted by Gasteiger charge is 2.09. The smallest absolute Gasteiger partial charge is 0.160 e. The predicted octanol–water partition coefficient (Wildman–Crippen LogP) is 3.26. The average Bonchev–Trinajstić information content (AvgIpc) is 2.30. The number of nitrogens with zero attached hydrogens (tertiary/aromatic N) is 1. The molecule has 0 radical (unpaired) electrons. The Morgan fingerprint density at radius 2 is 2.00 bits per heavy atom. The van der Waals surface area contributed by atoms with Crippen LogP contribution in [0.1, 0.15) is 22.8 Å². The molecule has 0 aliphatic heterocycles. The van der Waals surface area contributed by atoms with Gasteiger partial charge in [0.1, 0.15) is 0 Å². The Morgan fingerprint density at radius 1 is 1.19 bits per heavy atom. The van der Waals surface area contributed by atoms with Gasteiger partial charge in [0.15, 0.2) is 5.78 Å². The number of hydrogen-bond donors (Lipinski definition) is 0. The maximum atomic E-state index is 11.6. The average molecular weight is 211 g/mol. The molecule has 0 bridgehead atoms. The highest BCUT2D eigenvalue weighted by molar-refractivity contribution is 6.00. The van der Waals surface area contributed by atoms with Crippen molar-refractivity contribution < 1.29 is 4.79 Å². The molecule has 0 saturated carbocycles. The summed E-state index contributed by atoms with van der Waals surface area (Å²) in [6.45, 7) is 3.57. The van der Waals surface area contributed by atoms with E-state index >= 15 is 0 Å². The largest absolute Gasteiger partial charge is 0.294 e. The van der Waals surface area contributed by atoms with Gasteiger partial charge in [-0.25, -0.2) is 0 Å². The Bertz CT molecular complexity index is 518. The summed E-state index contributed by atoms with van der Waals surface area (Å²) in [7, 11) is 0. The van der Waals surface area contributed by atoms with Crippen molar-refractivity contribution in [2.45, 2.75) is 13.8 Å². The van der Waals surface area contributed by atoms with Gasteiger partial charge in [0, 0.05) is 17.3 Å². The number of benzene rings is 1. The summed E-state index contributed by atoms with van der Waals surface area (Å²) in [6.07, 6.45) is 1.74. The number of rotatable bonds is 2. The Labute approximate surface area is 95.0 Å². The third kappa shape index (κ3) is 2.01. The first-order valence-electron chi connectivity index (χ1n) is 5.21. The molecule has 1 aromatic carbocycles. The molecule has 0 saturated heterocycles. The molecule has 0 N–H and O–H groups in total. The van der Waals surface area contributed by atoms with Gasteiger partial charge in [-0.2, -0.15) is 0 Å². The number of Topliss-reactive ketones (excluding diaryl/α,β-unsaturated/α-hetero) is 1. The van der Waals surface area contributed by atoms with Crippen LogP contribution in [-0.2, 0) is 0 Å². The van der Waals surface area contributed by atoms with Crippen LogP contribution < -0.4 is 0 Å². The minimum atomic E-state index is 0.0735. The van der Waals surface area contributed by atoms with Crippen LogP contribution in [0.15, 0.2) is 42.6 Å². The number of aromatic nitrogens is 1. The first kappa shape index (κ1) is 10.6. The quantitative estimate of drug-likeness (QED) is 0.714. The second-order valence-electron chi connectivity index (χ2n) is 3.82. The van der Waals surface area contributed by atoms with Crippen LogP contribution >= 0.6 is 0 Å². The van der Waals surface area contributed by atoms with E-state index in [1.165, 1.54) is 0 Å². The lowest BCUT2D eigenvalue weighted by molar-refractivity contribution is 0.101. The van der Waals surface area contributed by atoms with Crippen LogP contribution in [0.25, 0.3) is 11.3 Å². The number of hydrogen-bond acceptors (Lipinski definition) is 2. The van der Waals surface area contributed by atoms with Gasteiger partial charge in [0.25, 0.3) is 0 Å². The van der Waals surface area contributed by atoms with Gasteiger partial charge in [0.05, 0.1) is 5.69 Å². The molecule has 2 heteroatoms. The molecular weight excluding hydrogens is 198 g/mol. The molecule has 1 aromatic heterocycles. The molecule has 0 aliphatic carbocycles. The number of carbonyl (C=O) groups is 1. The van der Waals surface area contributed by atoms with Gasteiger partial charge >= 0.3 is 0 Å². The van der Waals surface area contributed by atoms with Crippen molar-refractivity contribution >= 4 is 5.78 Å². The van der Waals surface area contributed by atoms with E-state index in [0.717, 1.165) is 22.4 Å². The van der Waals surface area contributed by atoms with Crippen molar-refractivity contribution in [3.63, 3.8) is 0 Å². The fourth-order valence-corrected chi connectivity index (χ4v) is 1.69. The van der Waals surface area contributed by atoms with E-state index in [0.29, 0.717) is 0 Å². The third-order valence-electron chi connectivity index (χ3n) is 2.50. The number of carbonyl (C=O) groups excluding carboxylic acids is 1. The van der Waals surface area contributed by atoms with Gasteiger partial charge < -0.3 is 0 Å². The van der Waals surface area contributed by atoms with Crippen molar-refractivity contribution in [1.29, 1.82) is 0 Å². The predicted molar refractivity (Wildman–Crippen MR) is 64.4 cm³/mol. The normalized spacial score (nSPS) is 10.1. The molecule has 80 valence electrons. The Kier molecular flexibility index (Phi) is 2.82. The van der Waals surface area contributed by atoms with Crippen molar-refractivity contribution in [2.75, 3.05) is 0 Å². The van der Waals surface area contributed by atoms with Gasteiger partial charge in [0.2, 0.25) is 0 Å². The summed E-state index contributed by atoms with van der Waals surface area (Å²) in [6, 6.07) is 11.6. The molecule has 0 amide bonds. The molecule has 2 rings (SSSR count). The van der Waals surface area contributed by atoms with Gasteiger partial charge in [-0.1, -0.05) is 23.8 Å². The molecule has 16 heavy (non-hydrogen) atoms. The molecular formula is C14H13NO. The van der Waals surface area contributed by atoms with E-state index in [-0.39, 0.29) is 5.78 Å². The van der Waals surface area contributed by atoms with E-state index in [1.807, 2.05) is 43.3 Å². The monoisotopic (exact) mass is 211 g/mol. The topological polar surface area (TPSA) is 30.0 Å². The maximum absolute atomic E-state index is 11.6. The molecule has 2 nitrogen and oxygen atoms in total. The zero-order chi connectivity index (χ0) is 11.5. The number of ketones is 1. The van der Waals surface area contributed by atoms with E-state index < -0.39 is 0 Å². The van der Waals surface area contributed by atoms with E-state index in [9.17, 15) is 4.79 Å². The van der Waals surface area contributed by atoms with E-state index in [1.54, 1.807) is 13.1 Å². The van der Waals surface area contributed by atoms with Crippen molar-refractivity contribution in [1.82, 2.24) is 4.98 Å². The molecule has 0 spiro atoms. The molecule has 0 fully saturated rings. The SMILES string of the molecule is CC(=O)c1cc(C)ccc1-c1ccccn1. The zero-order valence-electron chi connectivity index (χ0n) is 9.40. The number of pyridine rings is 1. The summed E-state index contributed by atoms with van der Waals surface area (Å²) in [5.41, 5.74) is 3.56. The lowest BCUT2D eigenvalue weighted by atomic mass is 9.99. The summed E-state index contributed by atoms with van der Waals surface area (Å²) in [5.74, 6) is 0.0735. The lowest BCUT2D eigenvalue weighted by Gasteiger charge is -2.07. The summed E-state index contributed by atoms with van der Waals surface area (Å²) >= 11 is 0. The highest BCUT2D eigenvalue weighted by Crippen LogP contribution is 2.23. The van der Waals surface area contributed by atoms with Crippen LogP contribution in [0, 0.1) is 6.92 Å². The molecule has 0 aliphatic rings. The second-order valence-corrected chi connectivity index (χ2v) is 3.82. The summed E-state index contributed by atoms with van der Waals surface area (Å²) < 4.78 is 0. The Morgan fingerprint density at radius 3 is 2.62 bits per heavy atom. The minimum absolute atomic E-state index is 0.0735. The molecule has 2 aromatic rings. The van der Waals surface area contributed by atoms with Gasteiger partial charge in [-0.3, -0.25) is 9.78 Å². The summed E-state index contributed by atoms with van der Waals surface area (Å²) in [4.78, 5) is 15.8. The first-order chi connectivity index (χ1) is 7.68. The second kappa shape index (κ2) is 4.27. The molecule has 0 unspecified atom stereocenters. The molecule has 0 atom stereocenters. The first-order valence-corrected chi connectivity index (χ1v) is 5.21. The molecule has 1 heterocycles. The maximum Gasteiger partial charge on any atom is 0.160 e. The van der Waals surface area contributed by atoms with E-state index in [4.69, 9.17) is 0 Å². The fraction of sp³-hybridized carbons (Fsp3) is 0.143. The zero-order valence-corrected chi connectivity index (χ0v) is 9.40. The minimum Gasteiger partial charge on any atom is -0.294 e. The van der Waals surface area contributed by atoms with Gasteiger partial charge in [-0.15, -0.1) is 0 Å². The highest BCUT2D eigenvalue weighted by atomic mass is 16.1. The Balaban J connectivity index is 2.61. The van der Waals surface area contributed by atoms with Crippen molar-refractivity contribution in [2.24, 2.45) is 0 Å². The van der Waals surface area contributed by atoms with Crippen LogP contribution in [-0.4, -0.2) is 10.8 Å².